The molecule has 118 valence electrons. The molecule has 0 aliphatic carbocycles. The molecule has 0 aromatic carbocycles. The maximum absolute atomic E-state index is 12.4. The van der Waals surface area contributed by atoms with Crippen molar-refractivity contribution in [2.75, 3.05) is 18.4 Å². The molecule has 0 spiro atoms. The lowest BCUT2D eigenvalue weighted by Gasteiger charge is -2.33. The Labute approximate surface area is 126 Å². The monoisotopic (exact) mass is 294 g/mol. The van der Waals surface area contributed by atoms with Crippen LogP contribution in [0, 0.1) is 0 Å². The Kier molecular flexibility index (Phi) is 5.36. The summed E-state index contributed by atoms with van der Waals surface area (Å²) in [5.41, 5.74) is 0. The second-order valence-electron chi connectivity index (χ2n) is 5.85. The number of piperidine rings is 1. The largest absolute Gasteiger partial charge is 0.393 e. The highest BCUT2D eigenvalue weighted by Gasteiger charge is 2.26. The normalized spacial score (nSPS) is 20.2. The van der Waals surface area contributed by atoms with Gasteiger partial charge in [0.15, 0.2) is 0 Å². The summed E-state index contributed by atoms with van der Waals surface area (Å²) in [5.74, 6) is 0.731. The number of hydrogen-bond acceptors (Lipinski definition) is 4. The van der Waals surface area contributed by atoms with Gasteiger partial charge in [-0.1, -0.05) is 6.92 Å². The number of carbonyl (C=O) groups excluding carboxylic acids is 1. The van der Waals surface area contributed by atoms with E-state index in [0.717, 1.165) is 38.2 Å². The van der Waals surface area contributed by atoms with Crippen molar-refractivity contribution in [3.63, 3.8) is 0 Å². The zero-order valence-electron chi connectivity index (χ0n) is 13.1. The van der Waals surface area contributed by atoms with Crippen molar-refractivity contribution in [1.29, 1.82) is 0 Å². The van der Waals surface area contributed by atoms with Crippen molar-refractivity contribution in [1.82, 2.24) is 14.7 Å². The average molecular weight is 294 g/mol. The van der Waals surface area contributed by atoms with E-state index in [9.17, 15) is 9.90 Å². The summed E-state index contributed by atoms with van der Waals surface area (Å²) in [6.07, 6.45) is 3.93. The van der Waals surface area contributed by atoms with Crippen molar-refractivity contribution < 1.29 is 9.90 Å². The highest BCUT2D eigenvalue weighted by atomic mass is 16.3. The predicted octanol–water partition coefficient (Wildman–Crippen LogP) is 1.64. The molecule has 0 saturated carbocycles. The number of aliphatic hydroxyl groups excluding tert-OH is 1. The van der Waals surface area contributed by atoms with Crippen LogP contribution in [0.25, 0.3) is 0 Å². The first-order valence-corrected chi connectivity index (χ1v) is 7.79. The average Bonchev–Trinajstić information content (AvgIpc) is 2.94. The van der Waals surface area contributed by atoms with Gasteiger partial charge in [0.25, 0.3) is 0 Å². The minimum absolute atomic E-state index is 0.0172. The molecule has 0 unspecified atom stereocenters. The van der Waals surface area contributed by atoms with Crippen LogP contribution in [0.1, 0.15) is 46.1 Å². The van der Waals surface area contributed by atoms with Gasteiger partial charge in [0, 0.05) is 19.2 Å². The Morgan fingerprint density at radius 2 is 2.14 bits per heavy atom. The van der Waals surface area contributed by atoms with Gasteiger partial charge in [-0.05, 0) is 33.1 Å². The van der Waals surface area contributed by atoms with Crippen molar-refractivity contribution in [2.45, 2.75) is 58.2 Å². The van der Waals surface area contributed by atoms with Crippen molar-refractivity contribution in [2.24, 2.45) is 0 Å². The number of likely N-dealkylation sites (tertiary alicyclic amines) is 1. The lowest BCUT2D eigenvalue weighted by atomic mass is 10.1. The van der Waals surface area contributed by atoms with Crippen molar-refractivity contribution in [3.8, 4) is 0 Å². The molecule has 2 N–H and O–H groups in total. The number of nitrogens with one attached hydrogen (secondary N) is 1. The summed E-state index contributed by atoms with van der Waals surface area (Å²) in [6.45, 7) is 7.62. The van der Waals surface area contributed by atoms with Crippen LogP contribution in [0.2, 0.25) is 0 Å². The fourth-order valence-electron chi connectivity index (χ4n) is 2.61. The van der Waals surface area contributed by atoms with Crippen LogP contribution in [-0.4, -0.2) is 50.9 Å². The molecule has 1 aromatic heterocycles. The third-order valence-electron chi connectivity index (χ3n) is 4.36. The Balaban J connectivity index is 1.96. The van der Waals surface area contributed by atoms with Crippen LogP contribution in [0.4, 0.5) is 5.82 Å². The van der Waals surface area contributed by atoms with Crippen LogP contribution in [0.5, 0.6) is 0 Å². The Hall–Kier alpha value is -1.40. The molecular formula is C15H26N4O2. The van der Waals surface area contributed by atoms with E-state index in [1.807, 2.05) is 17.7 Å². The molecule has 6 nitrogen and oxygen atoms in total. The molecule has 2 heterocycles. The first kappa shape index (κ1) is 16.0. The maximum Gasteiger partial charge on any atom is 0.242 e. The van der Waals surface area contributed by atoms with E-state index in [1.165, 1.54) is 0 Å². The highest BCUT2D eigenvalue weighted by molar-refractivity contribution is 5.93. The van der Waals surface area contributed by atoms with Gasteiger partial charge in [0.2, 0.25) is 5.91 Å². The molecule has 1 aliphatic rings. The third-order valence-corrected chi connectivity index (χ3v) is 4.36. The fourth-order valence-corrected chi connectivity index (χ4v) is 2.61. The molecule has 1 fully saturated rings. The van der Waals surface area contributed by atoms with Crippen molar-refractivity contribution in [3.05, 3.63) is 12.3 Å². The standard InChI is InChI=1S/C15H26N4O2/c1-4-11(2)19-14(5-8-16-19)17-15(21)12(3)18-9-6-13(20)7-10-18/h5,8,11-13,20H,4,6-7,9-10H2,1-3H3,(H,17,21)/t11-,12-/m0/s1. The summed E-state index contributed by atoms with van der Waals surface area (Å²) in [6, 6.07) is 1.89. The summed E-state index contributed by atoms with van der Waals surface area (Å²) in [4.78, 5) is 14.5. The summed E-state index contributed by atoms with van der Waals surface area (Å²) in [5, 5.41) is 16.8. The zero-order chi connectivity index (χ0) is 15.4. The molecule has 21 heavy (non-hydrogen) atoms. The van der Waals surface area contributed by atoms with E-state index in [4.69, 9.17) is 0 Å². The Bertz CT molecular complexity index is 466. The topological polar surface area (TPSA) is 70.4 Å². The van der Waals surface area contributed by atoms with E-state index in [-0.39, 0.29) is 24.1 Å². The van der Waals surface area contributed by atoms with Gasteiger partial charge >= 0.3 is 0 Å². The van der Waals surface area contributed by atoms with Crippen LogP contribution >= 0.6 is 0 Å². The first-order valence-electron chi connectivity index (χ1n) is 7.79. The van der Waals surface area contributed by atoms with E-state index < -0.39 is 0 Å². The molecule has 0 bridgehead atoms. The molecule has 1 amide bonds. The molecule has 2 atom stereocenters. The molecule has 1 aliphatic heterocycles. The first-order chi connectivity index (χ1) is 10.0. The van der Waals surface area contributed by atoms with Gasteiger partial charge in [-0.25, -0.2) is 4.68 Å². The van der Waals surface area contributed by atoms with Crippen molar-refractivity contribution >= 4 is 11.7 Å². The van der Waals surface area contributed by atoms with Gasteiger partial charge in [0.1, 0.15) is 5.82 Å². The predicted molar refractivity (Wildman–Crippen MR) is 82.1 cm³/mol. The van der Waals surface area contributed by atoms with Crippen LogP contribution in [-0.2, 0) is 4.79 Å². The van der Waals surface area contributed by atoms with Gasteiger partial charge in [-0.15, -0.1) is 0 Å². The molecule has 2 rings (SSSR count). The van der Waals surface area contributed by atoms with Gasteiger partial charge in [-0.2, -0.15) is 5.10 Å². The molecule has 0 radical (unpaired) electrons. The number of nitrogens with zero attached hydrogens (tertiary/aromatic N) is 3. The number of anilines is 1. The number of hydrogen-bond donors (Lipinski definition) is 2. The summed E-state index contributed by atoms with van der Waals surface area (Å²) in [7, 11) is 0. The van der Waals surface area contributed by atoms with E-state index in [0.29, 0.717) is 0 Å². The van der Waals surface area contributed by atoms with Crippen LogP contribution in [0.3, 0.4) is 0 Å². The highest BCUT2D eigenvalue weighted by Crippen LogP contribution is 2.18. The van der Waals surface area contributed by atoms with E-state index in [1.54, 1.807) is 6.20 Å². The quantitative estimate of drug-likeness (QED) is 0.866. The SMILES string of the molecule is CC[C@H](C)n1nccc1NC(=O)[C@H](C)N1CCC(O)CC1. The van der Waals surface area contributed by atoms with Crippen LogP contribution < -0.4 is 5.32 Å². The minimum Gasteiger partial charge on any atom is -0.393 e. The molecule has 1 aromatic rings. The lowest BCUT2D eigenvalue weighted by molar-refractivity contribution is -0.121. The molecular weight excluding hydrogens is 268 g/mol. The van der Waals surface area contributed by atoms with Gasteiger partial charge < -0.3 is 10.4 Å². The number of carbonyl (C=O) groups is 1. The number of aliphatic hydroxyl groups is 1. The Morgan fingerprint density at radius 1 is 1.48 bits per heavy atom. The van der Waals surface area contributed by atoms with Crippen LogP contribution in [0.15, 0.2) is 12.3 Å². The van der Waals surface area contributed by atoms with E-state index >= 15 is 0 Å². The smallest absolute Gasteiger partial charge is 0.242 e. The Morgan fingerprint density at radius 3 is 2.76 bits per heavy atom. The second kappa shape index (κ2) is 7.04. The lowest BCUT2D eigenvalue weighted by Crippen LogP contribution is -2.47. The zero-order valence-corrected chi connectivity index (χ0v) is 13.1. The van der Waals surface area contributed by atoms with Gasteiger partial charge in [-0.3, -0.25) is 9.69 Å². The molecule has 6 heteroatoms. The number of rotatable bonds is 5. The maximum atomic E-state index is 12.4. The van der Waals surface area contributed by atoms with E-state index in [2.05, 4.69) is 29.2 Å². The summed E-state index contributed by atoms with van der Waals surface area (Å²) < 4.78 is 1.85. The third kappa shape index (κ3) is 3.83. The molecule has 1 saturated heterocycles. The number of amides is 1. The van der Waals surface area contributed by atoms with Gasteiger partial charge in [0.05, 0.1) is 24.4 Å². The summed E-state index contributed by atoms with van der Waals surface area (Å²) >= 11 is 0. The second-order valence-corrected chi connectivity index (χ2v) is 5.85. The minimum atomic E-state index is -0.219. The fraction of sp³-hybridized carbons (Fsp3) is 0.733. The number of aromatic nitrogens is 2.